The van der Waals surface area contributed by atoms with Gasteiger partial charge in [-0.3, -0.25) is 4.79 Å². The van der Waals surface area contributed by atoms with E-state index in [4.69, 9.17) is 4.74 Å². The first-order valence-electron chi connectivity index (χ1n) is 6.85. The number of para-hydroxylation sites is 1. The van der Waals surface area contributed by atoms with E-state index in [1.807, 2.05) is 30.3 Å². The fraction of sp³-hybridized carbons (Fsp3) is 0.267. The molecule has 6 heteroatoms. The van der Waals surface area contributed by atoms with Crippen molar-refractivity contribution < 1.29 is 4.74 Å². The molecule has 2 heterocycles. The Kier molecular flexibility index (Phi) is 3.96. The second-order valence-electron chi connectivity index (χ2n) is 4.61. The van der Waals surface area contributed by atoms with Crippen molar-refractivity contribution in [2.75, 3.05) is 6.61 Å². The number of hydrogen-bond acceptors (Lipinski definition) is 5. The van der Waals surface area contributed by atoms with Gasteiger partial charge in [0.1, 0.15) is 12.1 Å². The molecule has 0 saturated carbocycles. The molecule has 0 aliphatic rings. The van der Waals surface area contributed by atoms with Gasteiger partial charge < -0.3 is 4.74 Å². The van der Waals surface area contributed by atoms with Crippen LogP contribution in [0.4, 0.5) is 0 Å². The molecule has 5 nitrogen and oxygen atoms in total. The van der Waals surface area contributed by atoms with E-state index in [0.717, 1.165) is 24.2 Å². The van der Waals surface area contributed by atoms with Crippen LogP contribution in [-0.4, -0.2) is 21.2 Å². The van der Waals surface area contributed by atoms with Gasteiger partial charge in [0.2, 0.25) is 4.96 Å². The predicted molar refractivity (Wildman–Crippen MR) is 82.8 cm³/mol. The number of ether oxygens (including phenoxy) is 1. The molecule has 2 aromatic heterocycles. The lowest BCUT2D eigenvalue weighted by molar-refractivity contribution is 0.309. The third-order valence-corrected chi connectivity index (χ3v) is 4.06. The maximum absolute atomic E-state index is 12.2. The van der Waals surface area contributed by atoms with E-state index in [1.54, 1.807) is 0 Å². The van der Waals surface area contributed by atoms with Crippen LogP contribution in [0.3, 0.4) is 0 Å². The average molecular weight is 301 g/mol. The molecular formula is C15H15N3O2S. The van der Waals surface area contributed by atoms with Gasteiger partial charge in [-0.1, -0.05) is 42.9 Å². The van der Waals surface area contributed by atoms with Crippen LogP contribution >= 0.6 is 11.3 Å². The number of unbranched alkanes of at least 4 members (excludes halogenated alkanes) is 1. The SMILES string of the molecule is CCCCOc1ccccc1C=c1sc2ncnn2c1=O. The number of benzene rings is 1. The molecule has 108 valence electrons. The molecule has 0 saturated heterocycles. The number of aromatic nitrogens is 3. The van der Waals surface area contributed by atoms with Crippen molar-refractivity contribution in [2.24, 2.45) is 0 Å². The molecule has 0 radical (unpaired) electrons. The van der Waals surface area contributed by atoms with Gasteiger partial charge in [-0.2, -0.15) is 9.61 Å². The molecule has 0 aliphatic carbocycles. The zero-order chi connectivity index (χ0) is 14.7. The quantitative estimate of drug-likeness (QED) is 0.675. The third-order valence-electron chi connectivity index (χ3n) is 3.08. The van der Waals surface area contributed by atoms with Crippen LogP contribution in [0.1, 0.15) is 25.3 Å². The Labute approximate surface area is 125 Å². The zero-order valence-electron chi connectivity index (χ0n) is 11.7. The molecule has 0 atom stereocenters. The summed E-state index contributed by atoms with van der Waals surface area (Å²) in [6.07, 6.45) is 5.33. The molecule has 0 aliphatic heterocycles. The minimum atomic E-state index is -0.143. The summed E-state index contributed by atoms with van der Waals surface area (Å²) in [5.41, 5.74) is 0.756. The Bertz CT molecular complexity index is 853. The fourth-order valence-corrected chi connectivity index (χ4v) is 2.85. The van der Waals surface area contributed by atoms with Crippen molar-refractivity contribution in [3.05, 3.63) is 51.0 Å². The monoisotopic (exact) mass is 301 g/mol. The van der Waals surface area contributed by atoms with Gasteiger partial charge in [0.15, 0.2) is 0 Å². The highest BCUT2D eigenvalue weighted by molar-refractivity contribution is 7.15. The minimum Gasteiger partial charge on any atom is -0.493 e. The molecule has 0 N–H and O–H groups in total. The summed E-state index contributed by atoms with van der Waals surface area (Å²) in [4.78, 5) is 16.8. The summed E-state index contributed by atoms with van der Waals surface area (Å²) in [6, 6.07) is 7.72. The van der Waals surface area contributed by atoms with E-state index in [9.17, 15) is 4.79 Å². The lowest BCUT2D eigenvalue weighted by Crippen LogP contribution is -2.23. The van der Waals surface area contributed by atoms with Gasteiger partial charge in [-0.15, -0.1) is 0 Å². The Morgan fingerprint density at radius 2 is 2.24 bits per heavy atom. The van der Waals surface area contributed by atoms with Crippen molar-refractivity contribution in [1.82, 2.24) is 14.6 Å². The van der Waals surface area contributed by atoms with Crippen molar-refractivity contribution in [3.8, 4) is 5.75 Å². The third kappa shape index (κ3) is 2.80. The second kappa shape index (κ2) is 6.05. The van der Waals surface area contributed by atoms with Crippen LogP contribution in [-0.2, 0) is 0 Å². The van der Waals surface area contributed by atoms with E-state index in [1.165, 1.54) is 22.2 Å². The van der Waals surface area contributed by atoms with Gasteiger partial charge in [-0.05, 0) is 18.6 Å². The molecule has 0 spiro atoms. The van der Waals surface area contributed by atoms with Crippen molar-refractivity contribution in [3.63, 3.8) is 0 Å². The summed E-state index contributed by atoms with van der Waals surface area (Å²) in [5.74, 6) is 0.796. The molecule has 0 unspecified atom stereocenters. The highest BCUT2D eigenvalue weighted by atomic mass is 32.1. The normalized spacial score (nSPS) is 12.1. The number of hydrogen-bond donors (Lipinski definition) is 0. The number of rotatable bonds is 5. The second-order valence-corrected chi connectivity index (χ2v) is 5.62. The van der Waals surface area contributed by atoms with Crippen LogP contribution in [0.5, 0.6) is 5.75 Å². The Morgan fingerprint density at radius 1 is 1.38 bits per heavy atom. The smallest absolute Gasteiger partial charge is 0.291 e. The summed E-state index contributed by atoms with van der Waals surface area (Å²) in [6.45, 7) is 2.81. The lowest BCUT2D eigenvalue weighted by atomic mass is 10.2. The van der Waals surface area contributed by atoms with Crippen LogP contribution in [0, 0.1) is 0 Å². The molecule has 3 aromatic rings. The molecular weight excluding hydrogens is 286 g/mol. The van der Waals surface area contributed by atoms with E-state index in [0.29, 0.717) is 16.1 Å². The first-order valence-corrected chi connectivity index (χ1v) is 7.67. The van der Waals surface area contributed by atoms with E-state index in [2.05, 4.69) is 17.0 Å². The number of fused-ring (bicyclic) bond motifs is 1. The Morgan fingerprint density at radius 3 is 3.05 bits per heavy atom. The lowest BCUT2D eigenvalue weighted by Gasteiger charge is -2.07. The highest BCUT2D eigenvalue weighted by Gasteiger charge is 2.06. The minimum absolute atomic E-state index is 0.143. The number of thiazole rings is 1. The largest absolute Gasteiger partial charge is 0.493 e. The predicted octanol–water partition coefficient (Wildman–Crippen LogP) is 1.88. The maximum atomic E-state index is 12.2. The van der Waals surface area contributed by atoms with Gasteiger partial charge in [-0.25, -0.2) is 4.98 Å². The molecule has 3 rings (SSSR count). The summed E-state index contributed by atoms with van der Waals surface area (Å²) in [7, 11) is 0. The molecule has 21 heavy (non-hydrogen) atoms. The zero-order valence-corrected chi connectivity index (χ0v) is 12.5. The average Bonchev–Trinajstić information content (AvgIpc) is 3.05. The van der Waals surface area contributed by atoms with Crippen molar-refractivity contribution in [2.45, 2.75) is 19.8 Å². The van der Waals surface area contributed by atoms with Crippen molar-refractivity contribution in [1.29, 1.82) is 0 Å². The first-order chi connectivity index (χ1) is 10.3. The van der Waals surface area contributed by atoms with Crippen molar-refractivity contribution >= 4 is 22.4 Å². The summed E-state index contributed by atoms with van der Waals surface area (Å²) in [5, 5.41) is 3.92. The maximum Gasteiger partial charge on any atom is 0.291 e. The Balaban J connectivity index is 2.00. The van der Waals surface area contributed by atoms with E-state index in [-0.39, 0.29) is 5.56 Å². The van der Waals surface area contributed by atoms with Gasteiger partial charge in [0.25, 0.3) is 5.56 Å². The Hall–Kier alpha value is -2.21. The fourth-order valence-electron chi connectivity index (χ4n) is 1.98. The first kappa shape index (κ1) is 13.8. The van der Waals surface area contributed by atoms with E-state index >= 15 is 0 Å². The van der Waals surface area contributed by atoms with Gasteiger partial charge >= 0.3 is 0 Å². The number of nitrogens with zero attached hydrogens (tertiary/aromatic N) is 3. The molecule has 0 bridgehead atoms. The van der Waals surface area contributed by atoms with Crippen LogP contribution in [0.15, 0.2) is 35.4 Å². The van der Waals surface area contributed by atoms with Gasteiger partial charge in [0, 0.05) is 5.56 Å². The van der Waals surface area contributed by atoms with Crippen LogP contribution in [0.2, 0.25) is 0 Å². The van der Waals surface area contributed by atoms with Crippen LogP contribution < -0.4 is 14.8 Å². The highest BCUT2D eigenvalue weighted by Crippen LogP contribution is 2.19. The summed E-state index contributed by atoms with van der Waals surface area (Å²) >= 11 is 1.33. The van der Waals surface area contributed by atoms with Gasteiger partial charge in [0.05, 0.1) is 11.1 Å². The van der Waals surface area contributed by atoms with Crippen LogP contribution in [0.25, 0.3) is 11.0 Å². The molecule has 0 amide bonds. The summed E-state index contributed by atoms with van der Waals surface area (Å²) < 4.78 is 7.70. The topological polar surface area (TPSA) is 56.5 Å². The standard InChI is InChI=1S/C15H15N3O2S/c1-2-3-8-20-12-7-5-4-6-11(12)9-13-14(19)18-15(21-13)16-10-17-18/h4-7,9-10H,2-3,8H2,1H3. The molecule has 1 aromatic carbocycles. The molecule has 0 fully saturated rings. The van der Waals surface area contributed by atoms with E-state index < -0.39 is 0 Å².